The maximum absolute atomic E-state index is 14.1. The monoisotopic (exact) mass is 438 g/mol. The number of aromatic nitrogens is 1. The Bertz CT molecular complexity index is 1140. The summed E-state index contributed by atoms with van der Waals surface area (Å²) in [5.41, 5.74) is 1.22. The third kappa shape index (κ3) is 3.69. The molecule has 0 fully saturated rings. The highest BCUT2D eigenvalue weighted by molar-refractivity contribution is 6.42. The lowest BCUT2D eigenvalue weighted by molar-refractivity contribution is -0.123. The maximum atomic E-state index is 14.1. The van der Waals surface area contributed by atoms with Gasteiger partial charge in [0, 0.05) is 22.7 Å². The van der Waals surface area contributed by atoms with Crippen LogP contribution in [0.25, 0.3) is 10.9 Å². The molecule has 1 unspecified atom stereocenters. The number of aromatic hydroxyl groups is 1. The number of amides is 1. The second-order valence-corrected chi connectivity index (χ2v) is 7.32. The van der Waals surface area contributed by atoms with Gasteiger partial charge in [0.2, 0.25) is 5.91 Å². The molecule has 2 aromatic carbocycles. The number of aliphatic hydroxyl groups is 1. The van der Waals surface area contributed by atoms with E-state index in [2.05, 4.69) is 5.32 Å². The number of nitrogens with zero attached hydrogens (tertiary/aromatic N) is 1. The molecular formula is C20H17Cl2FN2O4. The van der Waals surface area contributed by atoms with E-state index >= 15 is 0 Å². The van der Waals surface area contributed by atoms with Crippen molar-refractivity contribution in [2.24, 2.45) is 0 Å². The average Bonchev–Trinajstić information content (AvgIpc) is 2.94. The number of fused-ring (bicyclic) bond motifs is 1. The number of rotatable bonds is 4. The Hall–Kier alpha value is -2.61. The summed E-state index contributed by atoms with van der Waals surface area (Å²) < 4.78 is 15.4. The van der Waals surface area contributed by atoms with E-state index in [1.54, 1.807) is 13.8 Å². The van der Waals surface area contributed by atoms with Crippen molar-refractivity contribution in [2.45, 2.75) is 19.8 Å². The standard InChI is InChI=1S/C20H17Cl2FN2O4/c1-9(19(28)24-8-26)18-10(2)25(16-7-15(23)17(27)6-12(16)18)20(29)11-3-4-13(21)14(22)5-11/h3-7,9,26-27H,8H2,1-2H3,(H,24,28). The van der Waals surface area contributed by atoms with Crippen molar-refractivity contribution in [3.8, 4) is 5.75 Å². The molecule has 152 valence electrons. The third-order valence-electron chi connectivity index (χ3n) is 4.77. The topological polar surface area (TPSA) is 91.6 Å². The van der Waals surface area contributed by atoms with Gasteiger partial charge in [-0.2, -0.15) is 0 Å². The van der Waals surface area contributed by atoms with Gasteiger partial charge in [-0.1, -0.05) is 23.2 Å². The predicted molar refractivity (Wildman–Crippen MR) is 108 cm³/mol. The lowest BCUT2D eigenvalue weighted by Crippen LogP contribution is -2.29. The molecule has 3 N–H and O–H groups in total. The Morgan fingerprint density at radius 3 is 2.52 bits per heavy atom. The van der Waals surface area contributed by atoms with Crippen LogP contribution in [0.1, 0.15) is 34.5 Å². The van der Waals surface area contributed by atoms with Crippen molar-refractivity contribution >= 4 is 45.9 Å². The fourth-order valence-corrected chi connectivity index (χ4v) is 3.67. The van der Waals surface area contributed by atoms with Crippen LogP contribution in [0.5, 0.6) is 5.75 Å². The molecule has 29 heavy (non-hydrogen) atoms. The fraction of sp³-hybridized carbons (Fsp3) is 0.200. The molecule has 0 aliphatic heterocycles. The summed E-state index contributed by atoms with van der Waals surface area (Å²) in [5.74, 6) is -3.28. The summed E-state index contributed by atoms with van der Waals surface area (Å²) in [6.45, 7) is 2.65. The van der Waals surface area contributed by atoms with Crippen LogP contribution in [0.3, 0.4) is 0 Å². The molecule has 0 aliphatic carbocycles. The molecule has 0 spiro atoms. The maximum Gasteiger partial charge on any atom is 0.262 e. The van der Waals surface area contributed by atoms with Crippen LogP contribution in [-0.2, 0) is 4.79 Å². The van der Waals surface area contributed by atoms with Gasteiger partial charge in [0.25, 0.3) is 5.91 Å². The van der Waals surface area contributed by atoms with Gasteiger partial charge in [0.1, 0.15) is 6.73 Å². The predicted octanol–water partition coefficient (Wildman–Crippen LogP) is 3.96. The number of phenols is 1. The van der Waals surface area contributed by atoms with Gasteiger partial charge in [-0.25, -0.2) is 4.39 Å². The number of aliphatic hydroxyl groups excluding tert-OH is 1. The number of hydrogen-bond acceptors (Lipinski definition) is 4. The van der Waals surface area contributed by atoms with Gasteiger partial charge in [0.15, 0.2) is 11.6 Å². The first-order chi connectivity index (χ1) is 13.7. The Kier molecular flexibility index (Phi) is 5.84. The van der Waals surface area contributed by atoms with E-state index in [4.69, 9.17) is 28.3 Å². The fourth-order valence-electron chi connectivity index (χ4n) is 3.38. The van der Waals surface area contributed by atoms with Crippen LogP contribution in [-0.4, -0.2) is 33.3 Å². The Balaban J connectivity index is 2.28. The number of nitrogens with one attached hydrogen (secondary N) is 1. The quantitative estimate of drug-likeness (QED) is 0.537. The minimum absolute atomic E-state index is 0.186. The lowest BCUT2D eigenvalue weighted by atomic mass is 9.97. The first-order valence-corrected chi connectivity index (χ1v) is 9.34. The smallest absolute Gasteiger partial charge is 0.262 e. The molecule has 3 rings (SSSR count). The molecule has 6 nitrogen and oxygen atoms in total. The highest BCUT2D eigenvalue weighted by Crippen LogP contribution is 2.36. The zero-order valence-corrected chi connectivity index (χ0v) is 17.0. The first-order valence-electron chi connectivity index (χ1n) is 8.59. The zero-order valence-electron chi connectivity index (χ0n) is 15.5. The van der Waals surface area contributed by atoms with Crippen LogP contribution < -0.4 is 5.32 Å². The highest BCUT2D eigenvalue weighted by Gasteiger charge is 2.27. The number of benzene rings is 2. The number of carbonyl (C=O) groups is 2. The molecule has 0 saturated carbocycles. The number of hydrogen-bond donors (Lipinski definition) is 3. The van der Waals surface area contributed by atoms with E-state index in [-0.39, 0.29) is 21.1 Å². The normalized spacial score (nSPS) is 12.2. The van der Waals surface area contributed by atoms with Gasteiger partial charge in [0.05, 0.1) is 21.5 Å². The largest absolute Gasteiger partial charge is 0.505 e. The van der Waals surface area contributed by atoms with E-state index in [0.29, 0.717) is 16.6 Å². The first kappa shape index (κ1) is 21.1. The number of halogens is 3. The molecule has 9 heteroatoms. The van der Waals surface area contributed by atoms with Crippen molar-refractivity contribution in [3.63, 3.8) is 0 Å². The second kappa shape index (κ2) is 8.02. The van der Waals surface area contributed by atoms with Crippen LogP contribution in [0.4, 0.5) is 4.39 Å². The summed E-state index contributed by atoms with van der Waals surface area (Å²) in [4.78, 5) is 25.5. The number of phenolic OH excluding ortho intramolecular Hbond substituents is 1. The minimum Gasteiger partial charge on any atom is -0.505 e. The van der Waals surface area contributed by atoms with Crippen molar-refractivity contribution in [1.29, 1.82) is 0 Å². The summed E-state index contributed by atoms with van der Waals surface area (Å²) in [7, 11) is 0. The molecule has 1 heterocycles. The minimum atomic E-state index is -0.905. The van der Waals surface area contributed by atoms with Crippen LogP contribution in [0.2, 0.25) is 10.0 Å². The molecule has 0 bridgehead atoms. The number of carbonyl (C=O) groups excluding carboxylic acids is 2. The average molecular weight is 439 g/mol. The summed E-state index contributed by atoms with van der Waals surface area (Å²) in [6.07, 6.45) is 0. The molecule has 0 saturated heterocycles. The van der Waals surface area contributed by atoms with Crippen molar-refractivity contribution < 1.29 is 24.2 Å². The van der Waals surface area contributed by atoms with Crippen molar-refractivity contribution in [2.75, 3.05) is 6.73 Å². The van der Waals surface area contributed by atoms with E-state index in [1.165, 1.54) is 28.8 Å². The van der Waals surface area contributed by atoms with Gasteiger partial charge in [-0.3, -0.25) is 14.2 Å². The van der Waals surface area contributed by atoms with E-state index in [9.17, 15) is 19.1 Å². The van der Waals surface area contributed by atoms with Gasteiger partial charge in [-0.05, 0) is 43.7 Å². The summed E-state index contributed by atoms with van der Waals surface area (Å²) in [5, 5.41) is 21.9. The van der Waals surface area contributed by atoms with E-state index < -0.39 is 36.0 Å². The van der Waals surface area contributed by atoms with Gasteiger partial charge >= 0.3 is 0 Å². The van der Waals surface area contributed by atoms with Gasteiger partial charge < -0.3 is 15.5 Å². The molecule has 3 aromatic rings. The van der Waals surface area contributed by atoms with Crippen LogP contribution in [0, 0.1) is 12.7 Å². The molecule has 0 radical (unpaired) electrons. The summed E-state index contributed by atoms with van der Waals surface area (Å²) in [6, 6.07) is 6.57. The Morgan fingerprint density at radius 2 is 1.90 bits per heavy atom. The van der Waals surface area contributed by atoms with E-state index in [1.807, 2.05) is 0 Å². The van der Waals surface area contributed by atoms with Crippen LogP contribution >= 0.6 is 23.2 Å². The van der Waals surface area contributed by atoms with Crippen molar-refractivity contribution in [1.82, 2.24) is 9.88 Å². The van der Waals surface area contributed by atoms with Crippen LogP contribution in [0.15, 0.2) is 30.3 Å². The lowest BCUT2D eigenvalue weighted by Gasteiger charge is -2.13. The Morgan fingerprint density at radius 1 is 1.21 bits per heavy atom. The summed E-state index contributed by atoms with van der Waals surface area (Å²) >= 11 is 11.9. The SMILES string of the molecule is Cc1c(C(C)C(=O)NCO)c2cc(O)c(F)cc2n1C(=O)c1ccc(Cl)c(Cl)c1. The molecular weight excluding hydrogens is 422 g/mol. The van der Waals surface area contributed by atoms with E-state index in [0.717, 1.165) is 6.07 Å². The Labute approximate surface area is 175 Å². The highest BCUT2D eigenvalue weighted by atomic mass is 35.5. The molecule has 0 aliphatic rings. The zero-order chi connectivity index (χ0) is 21.5. The van der Waals surface area contributed by atoms with Gasteiger partial charge in [-0.15, -0.1) is 0 Å². The molecule has 1 atom stereocenters. The molecule has 1 amide bonds. The molecule has 1 aromatic heterocycles. The second-order valence-electron chi connectivity index (χ2n) is 6.51. The third-order valence-corrected chi connectivity index (χ3v) is 5.51. The van der Waals surface area contributed by atoms with Crippen molar-refractivity contribution in [3.05, 3.63) is 63.0 Å².